The zero-order valence-corrected chi connectivity index (χ0v) is 20.8. The van der Waals surface area contributed by atoms with Crippen molar-refractivity contribution in [3.05, 3.63) is 86.1 Å². The van der Waals surface area contributed by atoms with E-state index in [1.165, 1.54) is 18.0 Å². The smallest absolute Gasteiger partial charge is 0.337 e. The minimum absolute atomic E-state index is 0.227. The van der Waals surface area contributed by atoms with Crippen LogP contribution < -0.4 is 5.56 Å². The number of aryl methyl sites for hydroxylation is 2. The number of halogens is 1. The molecule has 0 bridgehead atoms. The van der Waals surface area contributed by atoms with Crippen molar-refractivity contribution in [3.63, 3.8) is 0 Å². The Morgan fingerprint density at radius 2 is 2.03 bits per heavy atom. The first-order chi connectivity index (χ1) is 16.4. The Hall–Kier alpha value is -3.52. The van der Waals surface area contributed by atoms with Gasteiger partial charge in [0.2, 0.25) is 0 Å². The maximum absolute atomic E-state index is 13.2. The summed E-state index contributed by atoms with van der Waals surface area (Å²) in [5, 5.41) is 4.93. The summed E-state index contributed by atoms with van der Waals surface area (Å²) in [5.41, 5.74) is 2.63. The molecule has 0 spiro atoms. The van der Waals surface area contributed by atoms with Crippen LogP contribution in [0.5, 0.6) is 0 Å². The van der Waals surface area contributed by atoms with Crippen LogP contribution in [-0.4, -0.2) is 29.0 Å². The minimum atomic E-state index is -0.387. The second kappa shape index (κ2) is 10.2. The van der Waals surface area contributed by atoms with Gasteiger partial charge in [-0.3, -0.25) is 4.79 Å². The molecule has 0 aliphatic rings. The molecule has 0 aliphatic carbocycles. The molecular formula is C26H24BrN3O4. The summed E-state index contributed by atoms with van der Waals surface area (Å²) < 4.78 is 12.9. The topological polar surface area (TPSA) is 86.7 Å². The number of carbonyl (C=O) groups is 1. The number of unbranched alkanes of at least 4 members (excludes halogenated alkanes) is 1. The molecular weight excluding hydrogens is 498 g/mol. The third kappa shape index (κ3) is 4.87. The third-order valence-corrected chi connectivity index (χ3v) is 5.96. The van der Waals surface area contributed by atoms with E-state index in [9.17, 15) is 9.59 Å². The van der Waals surface area contributed by atoms with Crippen molar-refractivity contribution < 1.29 is 13.9 Å². The summed E-state index contributed by atoms with van der Waals surface area (Å²) >= 11 is 3.42. The van der Waals surface area contributed by atoms with Gasteiger partial charge in [-0.2, -0.15) is 9.78 Å². The largest absolute Gasteiger partial charge is 0.465 e. The van der Waals surface area contributed by atoms with Gasteiger partial charge in [0, 0.05) is 16.5 Å². The molecule has 2 aromatic carbocycles. The van der Waals surface area contributed by atoms with E-state index in [1.54, 1.807) is 24.3 Å². The summed E-state index contributed by atoms with van der Waals surface area (Å²) in [7, 11) is 1.35. The summed E-state index contributed by atoms with van der Waals surface area (Å²) in [6.45, 7) is 3.99. The van der Waals surface area contributed by atoms with Crippen LogP contribution in [0.25, 0.3) is 22.2 Å². The first kappa shape index (κ1) is 23.6. The predicted molar refractivity (Wildman–Crippen MR) is 136 cm³/mol. The lowest BCUT2D eigenvalue weighted by atomic mass is 10.0. The number of ether oxygens (including phenoxy) is 1. The van der Waals surface area contributed by atoms with Gasteiger partial charge in [-0.25, -0.2) is 9.78 Å². The second-order valence-corrected chi connectivity index (χ2v) is 8.79. The van der Waals surface area contributed by atoms with Crippen LogP contribution in [0.15, 0.2) is 67.3 Å². The summed E-state index contributed by atoms with van der Waals surface area (Å²) in [6, 6.07) is 14.4. The first-order valence-corrected chi connectivity index (χ1v) is 11.7. The zero-order chi connectivity index (χ0) is 24.2. The molecule has 0 aliphatic heterocycles. The van der Waals surface area contributed by atoms with Crippen LogP contribution in [0.1, 0.15) is 47.3 Å². The van der Waals surface area contributed by atoms with Gasteiger partial charge in [-0.05, 0) is 61.4 Å². The fourth-order valence-corrected chi connectivity index (χ4v) is 4.04. The van der Waals surface area contributed by atoms with Crippen molar-refractivity contribution in [3.8, 4) is 11.3 Å². The summed E-state index contributed by atoms with van der Waals surface area (Å²) in [4.78, 5) is 29.6. The maximum atomic E-state index is 13.2. The summed E-state index contributed by atoms with van der Waals surface area (Å²) in [6.07, 6.45) is 4.04. The van der Waals surface area contributed by atoms with Crippen LogP contribution in [0.4, 0.5) is 0 Å². The minimum Gasteiger partial charge on any atom is -0.465 e. The third-order valence-electron chi connectivity index (χ3n) is 5.47. The van der Waals surface area contributed by atoms with E-state index in [0.717, 1.165) is 28.4 Å². The molecule has 0 saturated carbocycles. The highest BCUT2D eigenvalue weighted by molar-refractivity contribution is 9.10. The highest BCUT2D eigenvalue weighted by Gasteiger charge is 2.13. The number of carbonyl (C=O) groups excluding carboxylic acids is 1. The van der Waals surface area contributed by atoms with Crippen LogP contribution in [0.2, 0.25) is 0 Å². The van der Waals surface area contributed by atoms with Crippen LogP contribution in [-0.2, 0) is 11.2 Å². The Balaban J connectivity index is 1.68. The quantitative estimate of drug-likeness (QED) is 0.228. The highest BCUT2D eigenvalue weighted by Crippen LogP contribution is 2.26. The average molecular weight is 522 g/mol. The Bertz CT molecular complexity index is 1450. The van der Waals surface area contributed by atoms with Crippen molar-refractivity contribution in [1.29, 1.82) is 0 Å². The fraction of sp³-hybridized carbons (Fsp3) is 0.231. The molecule has 0 fully saturated rings. The lowest BCUT2D eigenvalue weighted by molar-refractivity contribution is 0.0600. The normalized spacial score (nSPS) is 11.4. The Labute approximate surface area is 205 Å². The van der Waals surface area contributed by atoms with Crippen molar-refractivity contribution in [2.24, 2.45) is 5.10 Å². The number of esters is 1. The number of aromatic nitrogens is 2. The number of benzene rings is 2. The van der Waals surface area contributed by atoms with Crippen LogP contribution in [0, 0.1) is 6.92 Å². The maximum Gasteiger partial charge on any atom is 0.337 e. The number of methoxy groups -OCH3 is 1. The molecule has 8 heteroatoms. The fourth-order valence-electron chi connectivity index (χ4n) is 3.68. The molecule has 4 aromatic rings. The Kier molecular flexibility index (Phi) is 7.07. The zero-order valence-electron chi connectivity index (χ0n) is 19.2. The van der Waals surface area contributed by atoms with Crippen molar-refractivity contribution in [1.82, 2.24) is 9.66 Å². The molecule has 0 amide bonds. The number of hydrogen-bond donors (Lipinski definition) is 0. The monoisotopic (exact) mass is 521 g/mol. The number of nitrogens with zero attached hydrogens (tertiary/aromatic N) is 3. The Morgan fingerprint density at radius 1 is 1.21 bits per heavy atom. The van der Waals surface area contributed by atoms with Gasteiger partial charge < -0.3 is 9.15 Å². The number of rotatable bonds is 7. The predicted octanol–water partition coefficient (Wildman–Crippen LogP) is 5.74. The van der Waals surface area contributed by atoms with Gasteiger partial charge in [-0.15, -0.1) is 0 Å². The van der Waals surface area contributed by atoms with E-state index in [0.29, 0.717) is 40.2 Å². The molecule has 2 aromatic heterocycles. The van der Waals surface area contributed by atoms with Gasteiger partial charge >= 0.3 is 5.97 Å². The van der Waals surface area contributed by atoms with Gasteiger partial charge in [0.25, 0.3) is 5.56 Å². The lowest BCUT2D eigenvalue weighted by Gasteiger charge is -2.09. The van der Waals surface area contributed by atoms with Gasteiger partial charge in [-0.1, -0.05) is 35.3 Å². The highest BCUT2D eigenvalue weighted by atomic mass is 79.9. The first-order valence-electron chi connectivity index (χ1n) is 11.0. The second-order valence-electron chi connectivity index (χ2n) is 7.88. The molecule has 2 heterocycles. The van der Waals surface area contributed by atoms with E-state index in [-0.39, 0.29) is 11.5 Å². The van der Waals surface area contributed by atoms with Gasteiger partial charge in [0.05, 0.1) is 29.8 Å². The van der Waals surface area contributed by atoms with E-state index < -0.39 is 0 Å². The SMILES string of the molecule is CCCCc1nc2ccc(Br)cc2c(=O)n1N=Cc1ccc(-c2ccc(C(=O)OC)cc2C)o1. The van der Waals surface area contributed by atoms with Gasteiger partial charge in [0.1, 0.15) is 17.3 Å². The molecule has 7 nitrogen and oxygen atoms in total. The number of furan rings is 1. The van der Waals surface area contributed by atoms with E-state index in [2.05, 4.69) is 32.9 Å². The van der Waals surface area contributed by atoms with Crippen molar-refractivity contribution in [2.75, 3.05) is 7.11 Å². The van der Waals surface area contributed by atoms with Crippen molar-refractivity contribution >= 4 is 39.0 Å². The van der Waals surface area contributed by atoms with E-state index in [1.807, 2.05) is 31.2 Å². The number of hydrogen-bond acceptors (Lipinski definition) is 6. The van der Waals surface area contributed by atoms with E-state index in [4.69, 9.17) is 9.15 Å². The molecule has 0 radical (unpaired) electrons. The van der Waals surface area contributed by atoms with E-state index >= 15 is 0 Å². The Morgan fingerprint density at radius 3 is 2.76 bits per heavy atom. The molecule has 0 atom stereocenters. The van der Waals surface area contributed by atoms with Gasteiger partial charge in [0.15, 0.2) is 0 Å². The molecule has 0 saturated heterocycles. The van der Waals surface area contributed by atoms with Crippen molar-refractivity contribution in [2.45, 2.75) is 33.1 Å². The summed E-state index contributed by atoms with van der Waals surface area (Å²) in [5.74, 6) is 1.35. The molecule has 4 rings (SSSR count). The lowest BCUT2D eigenvalue weighted by Crippen LogP contribution is -2.22. The molecule has 34 heavy (non-hydrogen) atoms. The van der Waals surface area contributed by atoms with Crippen LogP contribution in [0.3, 0.4) is 0 Å². The number of fused-ring (bicyclic) bond motifs is 1. The molecule has 0 unspecified atom stereocenters. The average Bonchev–Trinajstić information content (AvgIpc) is 3.30. The molecule has 174 valence electrons. The molecule has 0 N–H and O–H groups in total. The standard InChI is InChI=1S/C26H24BrN3O4/c1-4-5-6-24-29-22-11-8-18(27)14-21(22)25(31)30(24)28-15-19-9-12-23(34-19)20-10-7-17(13-16(20)2)26(32)33-3/h7-15H,4-6H2,1-3H3. The van der Waals surface area contributed by atoms with Crippen LogP contribution >= 0.6 is 15.9 Å².